The Kier molecular flexibility index (Phi) is 5.03. The normalized spacial score (nSPS) is 16.6. The quantitative estimate of drug-likeness (QED) is 0.649. The molecule has 24 heavy (non-hydrogen) atoms. The van der Waals surface area contributed by atoms with Crippen LogP contribution in [0.3, 0.4) is 0 Å². The zero-order chi connectivity index (χ0) is 16.9. The number of nitrogens with zero attached hydrogens (tertiary/aromatic N) is 2. The summed E-state index contributed by atoms with van der Waals surface area (Å²) < 4.78 is 11.1. The van der Waals surface area contributed by atoms with Gasteiger partial charge in [0.25, 0.3) is 0 Å². The topological polar surface area (TPSA) is 71.7 Å². The molecule has 2 aromatic rings. The lowest BCUT2D eigenvalue weighted by Crippen LogP contribution is -2.42. The van der Waals surface area contributed by atoms with Gasteiger partial charge in [-0.2, -0.15) is 0 Å². The third kappa shape index (κ3) is 3.69. The van der Waals surface area contributed by atoms with Crippen LogP contribution < -0.4 is 15.4 Å². The molecule has 1 aromatic heterocycles. The third-order valence-electron chi connectivity index (χ3n) is 4.28. The van der Waals surface area contributed by atoms with Crippen LogP contribution in [0.25, 0.3) is 0 Å². The molecule has 1 aromatic carbocycles. The lowest BCUT2D eigenvalue weighted by molar-refractivity contribution is 0.235. The van der Waals surface area contributed by atoms with Gasteiger partial charge in [0.1, 0.15) is 17.6 Å². The van der Waals surface area contributed by atoms with Crippen molar-refractivity contribution >= 4 is 5.96 Å². The smallest absolute Gasteiger partial charge is 0.191 e. The molecule has 1 atom stereocenters. The predicted molar refractivity (Wildman–Crippen MR) is 93.6 cm³/mol. The largest absolute Gasteiger partial charge is 0.488 e. The molecule has 1 aliphatic rings. The monoisotopic (exact) mass is 328 g/mol. The fraction of sp³-hybridized carbons (Fsp3) is 0.444. The van der Waals surface area contributed by atoms with Crippen LogP contribution in [0, 0.1) is 13.8 Å². The van der Waals surface area contributed by atoms with Gasteiger partial charge in [-0.25, -0.2) is 0 Å². The summed E-state index contributed by atoms with van der Waals surface area (Å²) in [5.41, 5.74) is 3.38. The molecular formula is C18H24N4O2. The van der Waals surface area contributed by atoms with Crippen LogP contribution in [0.2, 0.25) is 0 Å². The van der Waals surface area contributed by atoms with Crippen molar-refractivity contribution in [1.82, 2.24) is 15.8 Å². The van der Waals surface area contributed by atoms with Crippen LogP contribution in [0.4, 0.5) is 0 Å². The molecular weight excluding hydrogens is 304 g/mol. The molecule has 2 heterocycles. The standard InChI is InChI=1S/C18H24N4O2/c1-12-16(13(2)24-22-12)8-9-20-18(19-3)21-11-15-10-14-6-4-5-7-17(14)23-15/h4-7,15H,8-11H2,1-3H3,(H2,19,20,21). The Labute approximate surface area is 142 Å². The Hall–Kier alpha value is -2.50. The lowest BCUT2D eigenvalue weighted by Gasteiger charge is -2.15. The van der Waals surface area contributed by atoms with Gasteiger partial charge in [0, 0.05) is 25.6 Å². The van der Waals surface area contributed by atoms with Gasteiger partial charge in [-0.05, 0) is 31.9 Å². The first-order valence-corrected chi connectivity index (χ1v) is 8.28. The highest BCUT2D eigenvalue weighted by atomic mass is 16.5. The maximum atomic E-state index is 5.93. The zero-order valence-corrected chi connectivity index (χ0v) is 14.4. The molecule has 0 spiro atoms. The third-order valence-corrected chi connectivity index (χ3v) is 4.28. The summed E-state index contributed by atoms with van der Waals surface area (Å²) in [6, 6.07) is 8.19. The van der Waals surface area contributed by atoms with E-state index in [9.17, 15) is 0 Å². The number of fused-ring (bicyclic) bond motifs is 1. The number of aryl methyl sites for hydroxylation is 2. The van der Waals surface area contributed by atoms with Gasteiger partial charge in [0.2, 0.25) is 0 Å². The number of aliphatic imine (C=N–C) groups is 1. The fourth-order valence-corrected chi connectivity index (χ4v) is 2.96. The number of para-hydroxylation sites is 1. The van der Waals surface area contributed by atoms with E-state index < -0.39 is 0 Å². The summed E-state index contributed by atoms with van der Waals surface area (Å²) >= 11 is 0. The predicted octanol–water partition coefficient (Wildman–Crippen LogP) is 2.00. The average molecular weight is 328 g/mol. The van der Waals surface area contributed by atoms with Crippen molar-refractivity contribution in [3.8, 4) is 5.75 Å². The van der Waals surface area contributed by atoms with Gasteiger partial charge in [-0.3, -0.25) is 4.99 Å². The van der Waals surface area contributed by atoms with Gasteiger partial charge in [-0.15, -0.1) is 0 Å². The molecule has 2 N–H and O–H groups in total. The molecule has 0 saturated carbocycles. The van der Waals surface area contributed by atoms with Crippen molar-refractivity contribution < 1.29 is 9.26 Å². The number of aromatic nitrogens is 1. The Balaban J connectivity index is 1.43. The SMILES string of the molecule is CN=C(NCCc1c(C)noc1C)NCC1Cc2ccccc2O1. The molecule has 1 unspecified atom stereocenters. The Bertz CT molecular complexity index is 679. The van der Waals surface area contributed by atoms with E-state index in [-0.39, 0.29) is 6.10 Å². The van der Waals surface area contributed by atoms with E-state index in [4.69, 9.17) is 9.26 Å². The van der Waals surface area contributed by atoms with Gasteiger partial charge in [-0.1, -0.05) is 23.4 Å². The van der Waals surface area contributed by atoms with Crippen molar-refractivity contribution in [3.63, 3.8) is 0 Å². The van der Waals surface area contributed by atoms with E-state index in [0.29, 0.717) is 0 Å². The molecule has 0 amide bonds. The number of guanidine groups is 1. The molecule has 3 rings (SSSR count). The van der Waals surface area contributed by atoms with Crippen molar-refractivity contribution in [2.45, 2.75) is 32.8 Å². The lowest BCUT2D eigenvalue weighted by atomic mass is 10.1. The van der Waals surface area contributed by atoms with Gasteiger partial charge in [0.15, 0.2) is 5.96 Å². The Morgan fingerprint density at radius 1 is 1.29 bits per heavy atom. The first-order valence-electron chi connectivity index (χ1n) is 8.28. The molecule has 0 aliphatic carbocycles. The maximum Gasteiger partial charge on any atom is 0.191 e. The molecule has 128 valence electrons. The highest BCUT2D eigenvalue weighted by Gasteiger charge is 2.22. The van der Waals surface area contributed by atoms with Crippen LogP contribution in [-0.2, 0) is 12.8 Å². The first kappa shape index (κ1) is 16.4. The maximum absolute atomic E-state index is 5.93. The number of hydrogen-bond acceptors (Lipinski definition) is 4. The number of ether oxygens (including phenoxy) is 1. The van der Waals surface area contributed by atoms with Crippen LogP contribution >= 0.6 is 0 Å². The Morgan fingerprint density at radius 2 is 2.12 bits per heavy atom. The molecule has 0 bridgehead atoms. The van der Waals surface area contributed by atoms with Gasteiger partial charge >= 0.3 is 0 Å². The van der Waals surface area contributed by atoms with E-state index in [2.05, 4.69) is 26.8 Å². The average Bonchev–Trinajstić information content (AvgIpc) is 3.14. The second kappa shape index (κ2) is 7.38. The summed E-state index contributed by atoms with van der Waals surface area (Å²) in [6.07, 6.45) is 1.93. The van der Waals surface area contributed by atoms with Crippen molar-refractivity contribution in [2.24, 2.45) is 4.99 Å². The summed E-state index contributed by atoms with van der Waals surface area (Å²) in [5, 5.41) is 10.6. The molecule has 6 heteroatoms. The van der Waals surface area contributed by atoms with Crippen LogP contribution in [0.5, 0.6) is 5.75 Å². The number of nitrogens with one attached hydrogen (secondary N) is 2. The zero-order valence-electron chi connectivity index (χ0n) is 14.4. The van der Waals surface area contributed by atoms with Crippen molar-refractivity contribution in [3.05, 3.63) is 46.8 Å². The second-order valence-corrected chi connectivity index (χ2v) is 5.98. The summed E-state index contributed by atoms with van der Waals surface area (Å²) in [5.74, 6) is 2.65. The molecule has 0 saturated heterocycles. The molecule has 0 radical (unpaired) electrons. The summed E-state index contributed by atoms with van der Waals surface area (Å²) in [4.78, 5) is 4.26. The number of rotatable bonds is 5. The highest BCUT2D eigenvalue weighted by Crippen LogP contribution is 2.27. The number of benzene rings is 1. The second-order valence-electron chi connectivity index (χ2n) is 5.98. The Morgan fingerprint density at radius 3 is 2.83 bits per heavy atom. The minimum absolute atomic E-state index is 0.142. The van der Waals surface area contributed by atoms with Gasteiger partial charge < -0.3 is 19.9 Å². The number of hydrogen-bond donors (Lipinski definition) is 2. The van der Waals surface area contributed by atoms with E-state index >= 15 is 0 Å². The minimum Gasteiger partial charge on any atom is -0.488 e. The van der Waals surface area contributed by atoms with E-state index in [1.807, 2.05) is 32.0 Å². The molecule has 0 fully saturated rings. The molecule has 6 nitrogen and oxygen atoms in total. The van der Waals surface area contributed by atoms with Crippen LogP contribution in [-0.4, -0.2) is 37.4 Å². The van der Waals surface area contributed by atoms with E-state index in [0.717, 1.165) is 54.7 Å². The fourth-order valence-electron chi connectivity index (χ4n) is 2.96. The van der Waals surface area contributed by atoms with E-state index in [1.165, 1.54) is 5.56 Å². The summed E-state index contributed by atoms with van der Waals surface area (Å²) in [7, 11) is 1.77. The first-order chi connectivity index (χ1) is 11.7. The van der Waals surface area contributed by atoms with Crippen LogP contribution in [0.1, 0.15) is 22.6 Å². The highest BCUT2D eigenvalue weighted by molar-refractivity contribution is 5.79. The van der Waals surface area contributed by atoms with Crippen LogP contribution in [0.15, 0.2) is 33.8 Å². The minimum atomic E-state index is 0.142. The van der Waals surface area contributed by atoms with E-state index in [1.54, 1.807) is 7.05 Å². The van der Waals surface area contributed by atoms with Crippen molar-refractivity contribution in [2.75, 3.05) is 20.1 Å². The molecule has 1 aliphatic heterocycles. The van der Waals surface area contributed by atoms with Crippen molar-refractivity contribution in [1.29, 1.82) is 0 Å². The van der Waals surface area contributed by atoms with Gasteiger partial charge in [0.05, 0.1) is 12.2 Å². The summed E-state index contributed by atoms with van der Waals surface area (Å²) in [6.45, 7) is 5.40.